The quantitative estimate of drug-likeness (QED) is 0.856. The van der Waals surface area contributed by atoms with Crippen LogP contribution in [0.2, 0.25) is 0 Å². The number of likely N-dealkylation sites (N-methyl/N-ethyl adjacent to an activating group) is 1. The molecule has 2 rings (SSSR count). The van der Waals surface area contributed by atoms with Gasteiger partial charge in [-0.3, -0.25) is 4.98 Å². The predicted octanol–water partition coefficient (Wildman–Crippen LogP) is 3.15. The summed E-state index contributed by atoms with van der Waals surface area (Å²) in [6.45, 7) is 2.13. The van der Waals surface area contributed by atoms with Crippen LogP contribution in [-0.4, -0.2) is 18.1 Å². The Morgan fingerprint density at radius 2 is 1.68 bits per heavy atom. The Morgan fingerprint density at radius 1 is 1.00 bits per heavy atom. The van der Waals surface area contributed by atoms with Gasteiger partial charge in [-0.2, -0.15) is 0 Å². The molecule has 1 unspecified atom stereocenters. The van der Waals surface area contributed by atoms with Gasteiger partial charge in [0.25, 0.3) is 0 Å². The van der Waals surface area contributed by atoms with Crippen molar-refractivity contribution in [3.63, 3.8) is 0 Å². The number of hydrogen-bond donors (Lipinski definition) is 1. The van der Waals surface area contributed by atoms with Crippen LogP contribution in [0.25, 0.3) is 0 Å². The van der Waals surface area contributed by atoms with Gasteiger partial charge in [0.15, 0.2) is 0 Å². The number of aryl methyl sites for hydroxylation is 2. The first-order chi connectivity index (χ1) is 9.28. The summed E-state index contributed by atoms with van der Waals surface area (Å²) in [5.41, 5.74) is 4.08. The maximum Gasteiger partial charge on any atom is 0.0270 e. The van der Waals surface area contributed by atoms with Crippen LogP contribution < -0.4 is 5.32 Å². The van der Waals surface area contributed by atoms with Crippen molar-refractivity contribution in [3.05, 3.63) is 65.5 Å². The minimum absolute atomic E-state index is 0.524. The normalized spacial score (nSPS) is 12.3. The zero-order valence-electron chi connectivity index (χ0n) is 11.8. The van der Waals surface area contributed by atoms with Gasteiger partial charge in [-0.1, -0.05) is 29.8 Å². The van der Waals surface area contributed by atoms with Gasteiger partial charge in [0.1, 0.15) is 0 Å². The molecule has 0 aliphatic heterocycles. The average Bonchev–Trinajstić information content (AvgIpc) is 2.46. The fraction of sp³-hybridized carbons (Fsp3) is 0.353. The van der Waals surface area contributed by atoms with E-state index >= 15 is 0 Å². The van der Waals surface area contributed by atoms with Gasteiger partial charge < -0.3 is 5.32 Å². The highest BCUT2D eigenvalue weighted by atomic mass is 14.9. The third-order valence-electron chi connectivity index (χ3n) is 3.54. The summed E-state index contributed by atoms with van der Waals surface area (Å²) in [4.78, 5) is 4.05. The molecule has 2 aromatic rings. The molecule has 0 saturated carbocycles. The predicted molar refractivity (Wildman–Crippen MR) is 80.3 cm³/mol. The fourth-order valence-electron chi connectivity index (χ4n) is 2.25. The fourth-order valence-corrected chi connectivity index (χ4v) is 2.25. The Balaban J connectivity index is 1.88. The molecule has 1 atom stereocenters. The monoisotopic (exact) mass is 254 g/mol. The number of aromatic nitrogens is 1. The van der Waals surface area contributed by atoms with Gasteiger partial charge >= 0.3 is 0 Å². The first kappa shape index (κ1) is 13.8. The molecule has 0 radical (unpaired) electrons. The highest BCUT2D eigenvalue weighted by Gasteiger charge is 2.07. The molecule has 0 aliphatic carbocycles. The first-order valence-corrected chi connectivity index (χ1v) is 6.89. The lowest BCUT2D eigenvalue weighted by molar-refractivity contribution is 0.520. The van der Waals surface area contributed by atoms with Crippen molar-refractivity contribution in [2.24, 2.45) is 0 Å². The van der Waals surface area contributed by atoms with Crippen molar-refractivity contribution >= 4 is 0 Å². The highest BCUT2D eigenvalue weighted by Crippen LogP contribution is 2.10. The van der Waals surface area contributed by atoms with E-state index in [2.05, 4.69) is 53.6 Å². The van der Waals surface area contributed by atoms with E-state index in [-0.39, 0.29) is 0 Å². The SMILES string of the molecule is CNC(CCc1ccncc1)Cc1ccc(C)cc1. The Hall–Kier alpha value is -1.67. The highest BCUT2D eigenvalue weighted by molar-refractivity contribution is 5.22. The average molecular weight is 254 g/mol. The molecular weight excluding hydrogens is 232 g/mol. The molecule has 0 saturated heterocycles. The zero-order chi connectivity index (χ0) is 13.5. The Bertz CT molecular complexity index is 476. The van der Waals surface area contributed by atoms with Crippen LogP contribution in [-0.2, 0) is 12.8 Å². The Kier molecular flexibility index (Phi) is 5.10. The van der Waals surface area contributed by atoms with E-state index in [4.69, 9.17) is 0 Å². The molecule has 1 aromatic carbocycles. The van der Waals surface area contributed by atoms with Crippen LogP contribution in [0.1, 0.15) is 23.1 Å². The van der Waals surface area contributed by atoms with E-state index in [1.807, 2.05) is 19.4 Å². The molecule has 1 heterocycles. The maximum absolute atomic E-state index is 4.05. The summed E-state index contributed by atoms with van der Waals surface area (Å²) in [5.74, 6) is 0. The van der Waals surface area contributed by atoms with Crippen LogP contribution in [0.3, 0.4) is 0 Å². The molecule has 100 valence electrons. The second-order valence-corrected chi connectivity index (χ2v) is 5.07. The van der Waals surface area contributed by atoms with E-state index in [1.54, 1.807) is 0 Å². The van der Waals surface area contributed by atoms with Crippen molar-refractivity contribution in [2.45, 2.75) is 32.2 Å². The molecule has 2 nitrogen and oxygen atoms in total. The molecule has 0 fully saturated rings. The smallest absolute Gasteiger partial charge is 0.0270 e. The van der Waals surface area contributed by atoms with Crippen LogP contribution >= 0.6 is 0 Å². The summed E-state index contributed by atoms with van der Waals surface area (Å²) >= 11 is 0. The van der Waals surface area contributed by atoms with Gasteiger partial charge in [0.05, 0.1) is 0 Å². The third-order valence-corrected chi connectivity index (χ3v) is 3.54. The maximum atomic E-state index is 4.05. The largest absolute Gasteiger partial charge is 0.317 e. The van der Waals surface area contributed by atoms with E-state index in [0.717, 1.165) is 19.3 Å². The molecular formula is C17H22N2. The number of nitrogens with one attached hydrogen (secondary N) is 1. The number of pyridine rings is 1. The van der Waals surface area contributed by atoms with Crippen LogP contribution in [0.15, 0.2) is 48.8 Å². The lowest BCUT2D eigenvalue weighted by Crippen LogP contribution is -2.28. The third kappa shape index (κ3) is 4.49. The molecule has 0 bridgehead atoms. The summed E-state index contributed by atoms with van der Waals surface area (Å²) < 4.78 is 0. The second-order valence-electron chi connectivity index (χ2n) is 5.07. The summed E-state index contributed by atoms with van der Waals surface area (Å²) in [5, 5.41) is 3.42. The van der Waals surface area contributed by atoms with Crippen molar-refractivity contribution < 1.29 is 0 Å². The van der Waals surface area contributed by atoms with Gasteiger partial charge in [0.2, 0.25) is 0 Å². The Morgan fingerprint density at radius 3 is 2.32 bits per heavy atom. The molecule has 0 aliphatic rings. The van der Waals surface area contributed by atoms with Crippen LogP contribution in [0, 0.1) is 6.92 Å². The van der Waals surface area contributed by atoms with E-state index in [0.29, 0.717) is 6.04 Å². The minimum Gasteiger partial charge on any atom is -0.317 e. The Labute approximate surface area is 115 Å². The van der Waals surface area contributed by atoms with Gasteiger partial charge in [-0.25, -0.2) is 0 Å². The lowest BCUT2D eigenvalue weighted by Gasteiger charge is -2.16. The molecule has 0 amide bonds. The molecule has 1 N–H and O–H groups in total. The summed E-state index contributed by atoms with van der Waals surface area (Å²) in [6.07, 6.45) is 7.06. The standard InChI is InChI=1S/C17H22N2/c1-14-3-5-16(6-4-14)13-17(18-2)8-7-15-9-11-19-12-10-15/h3-6,9-12,17-18H,7-8,13H2,1-2H3. The molecule has 1 aromatic heterocycles. The van der Waals surface area contributed by atoms with Crippen molar-refractivity contribution in [1.29, 1.82) is 0 Å². The minimum atomic E-state index is 0.524. The van der Waals surface area contributed by atoms with Crippen LogP contribution in [0.4, 0.5) is 0 Å². The number of nitrogens with zero attached hydrogens (tertiary/aromatic N) is 1. The summed E-state index contributed by atoms with van der Waals surface area (Å²) in [6, 6.07) is 13.5. The molecule has 2 heteroatoms. The topological polar surface area (TPSA) is 24.9 Å². The van der Waals surface area contributed by atoms with E-state index < -0.39 is 0 Å². The molecule has 19 heavy (non-hydrogen) atoms. The van der Waals surface area contributed by atoms with Crippen LogP contribution in [0.5, 0.6) is 0 Å². The van der Waals surface area contributed by atoms with Crippen molar-refractivity contribution in [2.75, 3.05) is 7.05 Å². The van der Waals surface area contributed by atoms with Crippen molar-refractivity contribution in [1.82, 2.24) is 10.3 Å². The summed E-state index contributed by atoms with van der Waals surface area (Å²) in [7, 11) is 2.05. The van der Waals surface area contributed by atoms with Gasteiger partial charge in [-0.05, 0) is 56.5 Å². The lowest BCUT2D eigenvalue weighted by atomic mass is 9.99. The van der Waals surface area contributed by atoms with E-state index in [1.165, 1.54) is 16.7 Å². The number of hydrogen-bond acceptors (Lipinski definition) is 2. The number of benzene rings is 1. The second kappa shape index (κ2) is 7.05. The van der Waals surface area contributed by atoms with E-state index in [9.17, 15) is 0 Å². The van der Waals surface area contributed by atoms with Crippen molar-refractivity contribution in [3.8, 4) is 0 Å². The van der Waals surface area contributed by atoms with Gasteiger partial charge in [-0.15, -0.1) is 0 Å². The van der Waals surface area contributed by atoms with Gasteiger partial charge in [0, 0.05) is 18.4 Å². The first-order valence-electron chi connectivity index (χ1n) is 6.89. The zero-order valence-corrected chi connectivity index (χ0v) is 11.8. The molecule has 0 spiro atoms. The number of rotatable bonds is 6.